The highest BCUT2D eigenvalue weighted by molar-refractivity contribution is 7.99. The number of thioether (sulfide) groups is 1. The molecule has 0 fully saturated rings. The normalized spacial score (nSPS) is 10.8. The Morgan fingerprint density at radius 1 is 1.28 bits per heavy atom. The van der Waals surface area contributed by atoms with Crippen molar-refractivity contribution in [1.82, 2.24) is 19.7 Å². The molecule has 0 spiro atoms. The van der Waals surface area contributed by atoms with Crippen molar-refractivity contribution < 1.29 is 9.21 Å². The Morgan fingerprint density at radius 2 is 2.08 bits per heavy atom. The van der Waals surface area contributed by atoms with Crippen molar-refractivity contribution in [1.29, 1.82) is 0 Å². The van der Waals surface area contributed by atoms with E-state index < -0.39 is 0 Å². The lowest BCUT2D eigenvalue weighted by Crippen LogP contribution is -2.27. The number of halogens is 1. The standard InChI is InChI=1S/C17H17ClN4O2S/c1-21(10-12-6-5-9-24-12)15(23)11-25-17-20-19-16(22(17)2)13-7-3-4-8-14(13)18/h3-9H,10-11H2,1-2H3. The van der Waals surface area contributed by atoms with E-state index in [-0.39, 0.29) is 11.7 Å². The second-order valence-corrected chi connectivity index (χ2v) is 6.81. The van der Waals surface area contributed by atoms with Crippen molar-refractivity contribution in [3.05, 3.63) is 53.4 Å². The van der Waals surface area contributed by atoms with Crippen LogP contribution in [0.3, 0.4) is 0 Å². The quantitative estimate of drug-likeness (QED) is 0.616. The zero-order valence-electron chi connectivity index (χ0n) is 13.8. The summed E-state index contributed by atoms with van der Waals surface area (Å²) in [5.41, 5.74) is 0.812. The van der Waals surface area contributed by atoms with E-state index in [0.29, 0.717) is 22.5 Å². The predicted octanol–water partition coefficient (Wildman–Crippen LogP) is 3.48. The molecule has 0 bridgehead atoms. The van der Waals surface area contributed by atoms with Gasteiger partial charge in [-0.05, 0) is 24.3 Å². The van der Waals surface area contributed by atoms with E-state index in [0.717, 1.165) is 11.3 Å². The number of benzene rings is 1. The second-order valence-electron chi connectivity index (χ2n) is 5.46. The monoisotopic (exact) mass is 376 g/mol. The zero-order valence-corrected chi connectivity index (χ0v) is 15.4. The first-order valence-electron chi connectivity index (χ1n) is 7.59. The van der Waals surface area contributed by atoms with Crippen LogP contribution in [-0.4, -0.2) is 38.4 Å². The van der Waals surface area contributed by atoms with Gasteiger partial charge < -0.3 is 13.9 Å². The van der Waals surface area contributed by atoms with Gasteiger partial charge in [0.15, 0.2) is 11.0 Å². The molecule has 3 rings (SSSR count). The molecule has 6 nitrogen and oxygen atoms in total. The molecule has 1 amide bonds. The van der Waals surface area contributed by atoms with Crippen molar-refractivity contribution >= 4 is 29.3 Å². The topological polar surface area (TPSA) is 64.2 Å². The van der Waals surface area contributed by atoms with Crippen molar-refractivity contribution in [3.63, 3.8) is 0 Å². The van der Waals surface area contributed by atoms with Crippen LogP contribution in [0.15, 0.2) is 52.2 Å². The fourth-order valence-electron chi connectivity index (χ4n) is 2.28. The van der Waals surface area contributed by atoms with Crippen molar-refractivity contribution in [3.8, 4) is 11.4 Å². The van der Waals surface area contributed by atoms with Crippen LogP contribution in [-0.2, 0) is 18.4 Å². The molecule has 25 heavy (non-hydrogen) atoms. The highest BCUT2D eigenvalue weighted by Crippen LogP contribution is 2.28. The first kappa shape index (κ1) is 17.6. The number of furan rings is 1. The summed E-state index contributed by atoms with van der Waals surface area (Å²) in [6.45, 7) is 0.441. The minimum absolute atomic E-state index is 0.0105. The number of carbonyl (C=O) groups is 1. The van der Waals surface area contributed by atoms with E-state index in [1.54, 1.807) is 24.3 Å². The fraction of sp³-hybridized carbons (Fsp3) is 0.235. The van der Waals surface area contributed by atoms with Crippen LogP contribution < -0.4 is 0 Å². The molecule has 2 heterocycles. The maximum atomic E-state index is 12.3. The molecule has 0 radical (unpaired) electrons. The molecule has 0 aliphatic carbocycles. The van der Waals surface area contributed by atoms with Gasteiger partial charge in [0.25, 0.3) is 0 Å². The Kier molecular flexibility index (Phi) is 5.45. The zero-order chi connectivity index (χ0) is 17.8. The molecule has 8 heteroatoms. The highest BCUT2D eigenvalue weighted by Gasteiger charge is 2.16. The van der Waals surface area contributed by atoms with Crippen molar-refractivity contribution in [2.24, 2.45) is 7.05 Å². The first-order valence-corrected chi connectivity index (χ1v) is 8.96. The SMILES string of the molecule is CN(Cc1ccco1)C(=O)CSc1nnc(-c2ccccc2Cl)n1C. The van der Waals surface area contributed by atoms with Gasteiger partial charge in [0.05, 0.1) is 23.6 Å². The third-order valence-electron chi connectivity index (χ3n) is 3.67. The largest absolute Gasteiger partial charge is 0.467 e. The van der Waals surface area contributed by atoms with Gasteiger partial charge in [-0.15, -0.1) is 10.2 Å². The van der Waals surface area contributed by atoms with Gasteiger partial charge >= 0.3 is 0 Å². The maximum absolute atomic E-state index is 12.3. The molecule has 0 saturated carbocycles. The van der Waals surface area contributed by atoms with E-state index in [1.807, 2.05) is 41.9 Å². The van der Waals surface area contributed by atoms with E-state index in [2.05, 4.69) is 10.2 Å². The van der Waals surface area contributed by atoms with E-state index in [4.69, 9.17) is 16.0 Å². The number of rotatable bonds is 6. The summed E-state index contributed by atoms with van der Waals surface area (Å²) in [5, 5.41) is 9.64. The molecule has 0 saturated heterocycles. The Balaban J connectivity index is 1.64. The molecular formula is C17H17ClN4O2S. The van der Waals surface area contributed by atoms with Gasteiger partial charge in [-0.1, -0.05) is 35.5 Å². The smallest absolute Gasteiger partial charge is 0.233 e. The minimum Gasteiger partial charge on any atom is -0.467 e. The van der Waals surface area contributed by atoms with Gasteiger partial charge in [-0.25, -0.2) is 0 Å². The van der Waals surface area contributed by atoms with Crippen LogP contribution in [0.4, 0.5) is 0 Å². The van der Waals surface area contributed by atoms with Gasteiger partial charge in [0, 0.05) is 19.7 Å². The van der Waals surface area contributed by atoms with E-state index >= 15 is 0 Å². The molecular weight excluding hydrogens is 360 g/mol. The third-order valence-corrected chi connectivity index (χ3v) is 5.01. The summed E-state index contributed by atoms with van der Waals surface area (Å²) < 4.78 is 7.10. The van der Waals surface area contributed by atoms with Crippen LogP contribution in [0.5, 0.6) is 0 Å². The molecule has 3 aromatic rings. The predicted molar refractivity (Wildman–Crippen MR) is 97.4 cm³/mol. The first-order chi connectivity index (χ1) is 12.1. The molecule has 1 aromatic carbocycles. The van der Waals surface area contributed by atoms with Crippen LogP contribution >= 0.6 is 23.4 Å². The van der Waals surface area contributed by atoms with E-state index in [9.17, 15) is 4.79 Å². The van der Waals surface area contributed by atoms with Crippen LogP contribution in [0.2, 0.25) is 5.02 Å². The van der Waals surface area contributed by atoms with Gasteiger partial charge in [-0.2, -0.15) is 0 Å². The second kappa shape index (κ2) is 7.76. The number of amides is 1. The van der Waals surface area contributed by atoms with Gasteiger partial charge in [-0.3, -0.25) is 4.79 Å². The Bertz CT molecular complexity index is 863. The van der Waals surface area contributed by atoms with Gasteiger partial charge in [0.2, 0.25) is 5.91 Å². The number of hydrogen-bond acceptors (Lipinski definition) is 5. The molecule has 130 valence electrons. The van der Waals surface area contributed by atoms with Crippen LogP contribution in [0.1, 0.15) is 5.76 Å². The van der Waals surface area contributed by atoms with Crippen molar-refractivity contribution in [2.45, 2.75) is 11.7 Å². The summed E-state index contributed by atoms with van der Waals surface area (Å²) in [5.74, 6) is 1.68. The summed E-state index contributed by atoms with van der Waals surface area (Å²) in [4.78, 5) is 13.9. The summed E-state index contributed by atoms with van der Waals surface area (Å²) in [6, 6.07) is 11.1. The molecule has 0 aliphatic rings. The molecule has 0 atom stereocenters. The summed E-state index contributed by atoms with van der Waals surface area (Å²) in [6.07, 6.45) is 1.60. The lowest BCUT2D eigenvalue weighted by atomic mass is 10.2. The van der Waals surface area contributed by atoms with Crippen LogP contribution in [0.25, 0.3) is 11.4 Å². The number of hydrogen-bond donors (Lipinski definition) is 0. The lowest BCUT2D eigenvalue weighted by Gasteiger charge is -2.15. The Labute approximate surface area is 154 Å². The number of carbonyl (C=O) groups excluding carboxylic acids is 1. The summed E-state index contributed by atoms with van der Waals surface area (Å²) in [7, 11) is 3.61. The lowest BCUT2D eigenvalue weighted by molar-refractivity contribution is -0.127. The molecule has 0 unspecified atom stereocenters. The average molecular weight is 377 g/mol. The Morgan fingerprint density at radius 3 is 2.80 bits per heavy atom. The number of aromatic nitrogens is 3. The van der Waals surface area contributed by atoms with Gasteiger partial charge in [0.1, 0.15) is 5.76 Å². The van der Waals surface area contributed by atoms with Crippen molar-refractivity contribution in [2.75, 3.05) is 12.8 Å². The maximum Gasteiger partial charge on any atom is 0.233 e. The fourth-order valence-corrected chi connectivity index (χ4v) is 3.35. The molecule has 2 aromatic heterocycles. The van der Waals surface area contributed by atoms with E-state index in [1.165, 1.54) is 11.8 Å². The Hall–Kier alpha value is -2.25. The van der Waals surface area contributed by atoms with Crippen LogP contribution in [0, 0.1) is 0 Å². The molecule has 0 N–H and O–H groups in total. The third kappa shape index (κ3) is 4.05. The summed E-state index contributed by atoms with van der Waals surface area (Å²) >= 11 is 7.56. The highest BCUT2D eigenvalue weighted by atomic mass is 35.5. The number of nitrogens with zero attached hydrogens (tertiary/aromatic N) is 4. The average Bonchev–Trinajstić information content (AvgIpc) is 3.23. The molecule has 0 aliphatic heterocycles. The minimum atomic E-state index is -0.0105.